The summed E-state index contributed by atoms with van der Waals surface area (Å²) in [4.78, 5) is 15.0. The van der Waals surface area contributed by atoms with E-state index in [4.69, 9.17) is 16.7 Å². The van der Waals surface area contributed by atoms with Gasteiger partial charge in [-0.15, -0.1) is 11.3 Å². The molecule has 0 aliphatic heterocycles. The van der Waals surface area contributed by atoms with Crippen molar-refractivity contribution in [1.29, 1.82) is 0 Å². The van der Waals surface area contributed by atoms with E-state index in [9.17, 15) is 13.2 Å². The largest absolute Gasteiger partial charge is 0.478 e. The smallest absolute Gasteiger partial charge is 0.337 e. The van der Waals surface area contributed by atoms with Gasteiger partial charge in [0, 0.05) is 5.38 Å². The molecule has 5 nitrogen and oxygen atoms in total. The maximum Gasteiger partial charge on any atom is 0.337 e. The van der Waals surface area contributed by atoms with E-state index >= 15 is 0 Å². The average Bonchev–Trinajstić information content (AvgIpc) is 2.73. The number of aryl methyl sites for hydroxylation is 1. The number of rotatable bonds is 4. The molecule has 106 valence electrons. The summed E-state index contributed by atoms with van der Waals surface area (Å²) >= 11 is 7.08. The molecule has 20 heavy (non-hydrogen) atoms. The molecule has 1 N–H and O–H groups in total. The van der Waals surface area contributed by atoms with Gasteiger partial charge in [0.1, 0.15) is 0 Å². The second-order valence-corrected chi connectivity index (χ2v) is 7.52. The highest BCUT2D eigenvalue weighted by Crippen LogP contribution is 2.23. The SMILES string of the molecule is Cc1nc(CS(=O)(=O)c2ccc(Cl)c(C(=O)O)c2)cs1. The van der Waals surface area contributed by atoms with Crippen LogP contribution >= 0.6 is 22.9 Å². The van der Waals surface area contributed by atoms with Gasteiger partial charge in [-0.1, -0.05) is 11.6 Å². The van der Waals surface area contributed by atoms with Crippen LogP contribution in [0, 0.1) is 6.92 Å². The molecule has 8 heteroatoms. The van der Waals surface area contributed by atoms with Crippen LogP contribution in [0.25, 0.3) is 0 Å². The van der Waals surface area contributed by atoms with E-state index in [2.05, 4.69) is 4.98 Å². The maximum absolute atomic E-state index is 12.2. The number of aromatic carboxylic acids is 1. The van der Waals surface area contributed by atoms with Crippen LogP contribution in [0.4, 0.5) is 0 Å². The summed E-state index contributed by atoms with van der Waals surface area (Å²) in [5, 5.41) is 11.4. The lowest BCUT2D eigenvalue weighted by molar-refractivity contribution is 0.0697. The Morgan fingerprint density at radius 2 is 2.15 bits per heavy atom. The Morgan fingerprint density at radius 1 is 1.45 bits per heavy atom. The molecular formula is C12H10ClNO4S2. The Kier molecular flexibility index (Phi) is 4.12. The van der Waals surface area contributed by atoms with Gasteiger partial charge in [-0.3, -0.25) is 0 Å². The van der Waals surface area contributed by atoms with E-state index in [-0.39, 0.29) is 21.2 Å². The van der Waals surface area contributed by atoms with E-state index in [1.54, 1.807) is 12.3 Å². The summed E-state index contributed by atoms with van der Waals surface area (Å²) in [6, 6.07) is 3.63. The highest BCUT2D eigenvalue weighted by atomic mass is 35.5. The van der Waals surface area contributed by atoms with E-state index in [1.165, 1.54) is 23.5 Å². The first-order valence-electron chi connectivity index (χ1n) is 5.46. The van der Waals surface area contributed by atoms with Gasteiger partial charge in [0.15, 0.2) is 9.84 Å². The molecule has 0 atom stereocenters. The minimum Gasteiger partial charge on any atom is -0.478 e. The van der Waals surface area contributed by atoms with Crippen molar-refractivity contribution in [1.82, 2.24) is 4.98 Å². The number of carbonyl (C=O) groups is 1. The van der Waals surface area contributed by atoms with E-state index in [1.807, 2.05) is 0 Å². The second kappa shape index (κ2) is 5.51. The maximum atomic E-state index is 12.2. The van der Waals surface area contributed by atoms with Gasteiger partial charge < -0.3 is 5.11 Å². The van der Waals surface area contributed by atoms with Gasteiger partial charge in [0.2, 0.25) is 0 Å². The van der Waals surface area contributed by atoms with Crippen molar-refractivity contribution in [3.05, 3.63) is 44.9 Å². The molecule has 0 bridgehead atoms. The Morgan fingerprint density at radius 3 is 2.70 bits per heavy atom. The monoisotopic (exact) mass is 331 g/mol. The molecule has 1 aromatic carbocycles. The molecule has 0 saturated carbocycles. The fourth-order valence-corrected chi connectivity index (χ4v) is 3.81. The minimum absolute atomic E-state index is 0.000882. The lowest BCUT2D eigenvalue weighted by Crippen LogP contribution is -2.07. The van der Waals surface area contributed by atoms with Crippen molar-refractivity contribution in [3.63, 3.8) is 0 Å². The number of nitrogens with zero attached hydrogens (tertiary/aromatic N) is 1. The van der Waals surface area contributed by atoms with Crippen molar-refractivity contribution in [2.75, 3.05) is 0 Å². The minimum atomic E-state index is -3.65. The second-order valence-electron chi connectivity index (χ2n) is 4.06. The number of aromatic nitrogens is 1. The lowest BCUT2D eigenvalue weighted by atomic mass is 10.2. The number of hydrogen-bond donors (Lipinski definition) is 1. The molecule has 0 spiro atoms. The fraction of sp³-hybridized carbons (Fsp3) is 0.167. The molecule has 1 heterocycles. The predicted octanol–water partition coefficient (Wildman–Crippen LogP) is 2.78. The molecule has 1 aromatic heterocycles. The zero-order valence-corrected chi connectivity index (χ0v) is 12.7. The summed E-state index contributed by atoms with van der Waals surface area (Å²) in [5.74, 6) is -1.53. The summed E-state index contributed by atoms with van der Waals surface area (Å²) in [7, 11) is -3.65. The number of sulfone groups is 1. The Hall–Kier alpha value is -1.44. The van der Waals surface area contributed by atoms with Crippen molar-refractivity contribution >= 4 is 38.7 Å². The van der Waals surface area contributed by atoms with Crippen LogP contribution in [-0.4, -0.2) is 24.5 Å². The standard InChI is InChI=1S/C12H10ClNO4S2/c1-7-14-8(5-19-7)6-20(17,18)9-2-3-11(13)10(4-9)12(15)16/h2-5H,6H2,1H3,(H,15,16). The molecule has 2 aromatic rings. The van der Waals surface area contributed by atoms with Crippen LogP contribution in [0.5, 0.6) is 0 Å². The number of carboxylic acid groups (broad SMARTS) is 1. The third-order valence-electron chi connectivity index (χ3n) is 2.53. The van der Waals surface area contributed by atoms with Gasteiger partial charge in [-0.2, -0.15) is 0 Å². The van der Waals surface area contributed by atoms with Crippen LogP contribution in [-0.2, 0) is 15.6 Å². The number of benzene rings is 1. The Bertz CT molecular complexity index is 768. The number of halogens is 1. The number of carboxylic acids is 1. The normalized spacial score (nSPS) is 11.5. The van der Waals surface area contributed by atoms with Gasteiger partial charge in [0.25, 0.3) is 0 Å². The van der Waals surface area contributed by atoms with Crippen LogP contribution in [0.15, 0.2) is 28.5 Å². The van der Waals surface area contributed by atoms with Crippen molar-refractivity contribution in [3.8, 4) is 0 Å². The molecule has 0 amide bonds. The number of thiazole rings is 1. The Balaban J connectivity index is 2.39. The zero-order chi connectivity index (χ0) is 14.9. The zero-order valence-electron chi connectivity index (χ0n) is 10.3. The van der Waals surface area contributed by atoms with Crippen LogP contribution in [0.1, 0.15) is 21.1 Å². The topological polar surface area (TPSA) is 84.3 Å². The molecule has 0 fully saturated rings. The highest BCUT2D eigenvalue weighted by molar-refractivity contribution is 7.90. The average molecular weight is 332 g/mol. The summed E-state index contributed by atoms with van der Waals surface area (Å²) < 4.78 is 24.5. The van der Waals surface area contributed by atoms with Gasteiger partial charge in [0.05, 0.1) is 31.9 Å². The van der Waals surface area contributed by atoms with Crippen LogP contribution < -0.4 is 0 Å². The fourth-order valence-electron chi connectivity index (χ4n) is 1.61. The summed E-state index contributed by atoms with van der Waals surface area (Å²) in [6.45, 7) is 1.78. The first kappa shape index (κ1) is 15.0. The van der Waals surface area contributed by atoms with Crippen molar-refractivity contribution < 1.29 is 18.3 Å². The molecule has 0 saturated heterocycles. The quantitative estimate of drug-likeness (QED) is 0.931. The molecule has 0 aliphatic rings. The summed E-state index contributed by atoms with van der Waals surface area (Å²) in [5.41, 5.74) is 0.210. The van der Waals surface area contributed by atoms with Gasteiger partial charge in [-0.05, 0) is 25.1 Å². The highest BCUT2D eigenvalue weighted by Gasteiger charge is 2.20. The first-order chi connectivity index (χ1) is 9.29. The van der Waals surface area contributed by atoms with E-state index in [0.29, 0.717) is 5.69 Å². The molecular weight excluding hydrogens is 322 g/mol. The first-order valence-corrected chi connectivity index (χ1v) is 8.37. The molecule has 0 radical (unpaired) electrons. The van der Waals surface area contributed by atoms with Crippen molar-refractivity contribution in [2.24, 2.45) is 0 Å². The van der Waals surface area contributed by atoms with Gasteiger partial charge >= 0.3 is 5.97 Å². The summed E-state index contributed by atoms with van der Waals surface area (Å²) in [6.07, 6.45) is 0. The third kappa shape index (κ3) is 3.17. The van der Waals surface area contributed by atoms with E-state index < -0.39 is 15.8 Å². The lowest BCUT2D eigenvalue weighted by Gasteiger charge is -2.05. The number of hydrogen-bond acceptors (Lipinski definition) is 5. The predicted molar refractivity (Wildman–Crippen MR) is 76.2 cm³/mol. The third-order valence-corrected chi connectivity index (χ3v) is 5.33. The van der Waals surface area contributed by atoms with Crippen LogP contribution in [0.3, 0.4) is 0 Å². The molecule has 2 rings (SSSR count). The van der Waals surface area contributed by atoms with E-state index in [0.717, 1.165) is 11.1 Å². The van der Waals surface area contributed by atoms with Crippen LogP contribution in [0.2, 0.25) is 5.02 Å². The van der Waals surface area contributed by atoms with Crippen molar-refractivity contribution in [2.45, 2.75) is 17.6 Å². The molecule has 0 aliphatic carbocycles. The molecule has 0 unspecified atom stereocenters. The van der Waals surface area contributed by atoms with Gasteiger partial charge in [-0.25, -0.2) is 18.2 Å². The Labute approximate surface area is 124 Å².